The second-order valence-electron chi connectivity index (χ2n) is 4.61. The minimum Gasteiger partial charge on any atom is -0.258 e. The van der Waals surface area contributed by atoms with E-state index in [1.165, 1.54) is 25.3 Å². The molecule has 0 fully saturated rings. The van der Waals surface area contributed by atoms with E-state index in [-0.39, 0.29) is 10.6 Å². The van der Waals surface area contributed by atoms with Crippen LogP contribution in [0.4, 0.5) is 5.69 Å². The molecule has 0 radical (unpaired) electrons. The van der Waals surface area contributed by atoms with Crippen molar-refractivity contribution in [2.75, 3.05) is 0 Å². The summed E-state index contributed by atoms with van der Waals surface area (Å²) < 4.78 is 25.1. The molecule has 0 spiro atoms. The van der Waals surface area contributed by atoms with Gasteiger partial charge in [0.15, 0.2) is 0 Å². The van der Waals surface area contributed by atoms with Crippen molar-refractivity contribution in [3.63, 3.8) is 0 Å². The standard InChI is InChI=1S/C14H12BrN3O4S/c1-10-2-7-13(8-14(10)18(19)20)23(21,22)17-16-9-11-3-5-12(15)6-4-11/h2-9,17H,1H3. The van der Waals surface area contributed by atoms with Crippen molar-refractivity contribution in [1.29, 1.82) is 0 Å². The fourth-order valence-electron chi connectivity index (χ4n) is 1.72. The molecule has 2 aromatic carbocycles. The van der Waals surface area contributed by atoms with Crippen molar-refractivity contribution in [1.82, 2.24) is 4.83 Å². The van der Waals surface area contributed by atoms with Crippen LogP contribution in [0.15, 0.2) is 56.9 Å². The maximum absolute atomic E-state index is 12.1. The molecule has 1 N–H and O–H groups in total. The largest absolute Gasteiger partial charge is 0.276 e. The van der Waals surface area contributed by atoms with E-state index in [1.54, 1.807) is 24.3 Å². The number of sulfonamides is 1. The Morgan fingerprint density at radius 2 is 1.87 bits per heavy atom. The first kappa shape index (κ1) is 17.1. The van der Waals surface area contributed by atoms with Crippen LogP contribution in [0.3, 0.4) is 0 Å². The summed E-state index contributed by atoms with van der Waals surface area (Å²) in [5, 5.41) is 14.6. The maximum atomic E-state index is 12.1. The Kier molecular flexibility index (Phi) is 5.12. The summed E-state index contributed by atoms with van der Waals surface area (Å²) in [5.74, 6) is 0. The van der Waals surface area contributed by atoms with Gasteiger partial charge in [-0.3, -0.25) is 10.1 Å². The third-order valence-electron chi connectivity index (χ3n) is 2.94. The molecule has 0 saturated carbocycles. The van der Waals surface area contributed by atoms with Crippen LogP contribution in [-0.2, 0) is 10.0 Å². The Morgan fingerprint density at radius 1 is 1.22 bits per heavy atom. The van der Waals surface area contributed by atoms with E-state index in [2.05, 4.69) is 21.0 Å². The number of halogens is 1. The highest BCUT2D eigenvalue weighted by Gasteiger charge is 2.19. The highest BCUT2D eigenvalue weighted by atomic mass is 79.9. The lowest BCUT2D eigenvalue weighted by molar-refractivity contribution is -0.385. The normalized spacial score (nSPS) is 11.6. The van der Waals surface area contributed by atoms with Crippen molar-refractivity contribution in [3.05, 3.63) is 68.2 Å². The topological polar surface area (TPSA) is 102 Å². The van der Waals surface area contributed by atoms with Crippen molar-refractivity contribution in [2.24, 2.45) is 5.10 Å². The molecule has 23 heavy (non-hydrogen) atoms. The molecule has 0 unspecified atom stereocenters. The van der Waals surface area contributed by atoms with E-state index in [0.717, 1.165) is 10.5 Å². The van der Waals surface area contributed by atoms with E-state index in [0.29, 0.717) is 11.1 Å². The smallest absolute Gasteiger partial charge is 0.258 e. The predicted molar refractivity (Wildman–Crippen MR) is 89.9 cm³/mol. The van der Waals surface area contributed by atoms with E-state index in [1.807, 2.05) is 4.83 Å². The number of benzene rings is 2. The molecule has 0 aromatic heterocycles. The molecule has 0 heterocycles. The van der Waals surface area contributed by atoms with Gasteiger partial charge in [0.05, 0.1) is 16.0 Å². The Labute approximate surface area is 141 Å². The third-order valence-corrected chi connectivity index (χ3v) is 4.69. The van der Waals surface area contributed by atoms with Gasteiger partial charge in [-0.2, -0.15) is 13.5 Å². The van der Waals surface area contributed by atoms with Gasteiger partial charge < -0.3 is 0 Å². The van der Waals surface area contributed by atoms with Crippen LogP contribution < -0.4 is 4.83 Å². The van der Waals surface area contributed by atoms with Crippen LogP contribution in [0.5, 0.6) is 0 Å². The summed E-state index contributed by atoms with van der Waals surface area (Å²) in [4.78, 5) is 12.1. The number of hydrogen-bond donors (Lipinski definition) is 1. The zero-order valence-corrected chi connectivity index (χ0v) is 14.3. The number of rotatable bonds is 5. The summed E-state index contributed by atoms with van der Waals surface area (Å²) >= 11 is 3.29. The molecule has 0 bridgehead atoms. The van der Waals surface area contributed by atoms with Gasteiger partial charge in [0.25, 0.3) is 15.7 Å². The molecule has 0 aliphatic heterocycles. The quantitative estimate of drug-likeness (QED) is 0.475. The summed E-state index contributed by atoms with van der Waals surface area (Å²) in [6.07, 6.45) is 1.34. The molecule has 7 nitrogen and oxygen atoms in total. The van der Waals surface area contributed by atoms with Crippen LogP contribution in [0.1, 0.15) is 11.1 Å². The van der Waals surface area contributed by atoms with E-state index >= 15 is 0 Å². The minimum atomic E-state index is -3.97. The van der Waals surface area contributed by atoms with Crippen LogP contribution in [0.2, 0.25) is 0 Å². The van der Waals surface area contributed by atoms with Crippen LogP contribution in [0, 0.1) is 17.0 Å². The van der Waals surface area contributed by atoms with Gasteiger partial charge in [0.2, 0.25) is 0 Å². The van der Waals surface area contributed by atoms with Crippen molar-refractivity contribution in [2.45, 2.75) is 11.8 Å². The summed E-state index contributed by atoms with van der Waals surface area (Å²) in [6.45, 7) is 1.54. The zero-order chi connectivity index (χ0) is 17.0. The molecule has 2 rings (SSSR count). The lowest BCUT2D eigenvalue weighted by Crippen LogP contribution is -2.18. The van der Waals surface area contributed by atoms with Crippen LogP contribution in [-0.4, -0.2) is 19.6 Å². The fourth-order valence-corrected chi connectivity index (χ4v) is 2.80. The zero-order valence-electron chi connectivity index (χ0n) is 11.9. The first-order chi connectivity index (χ1) is 10.8. The van der Waals surface area contributed by atoms with Crippen LogP contribution in [0.25, 0.3) is 0 Å². The summed E-state index contributed by atoms with van der Waals surface area (Å²) in [7, 11) is -3.97. The van der Waals surface area contributed by atoms with Gasteiger partial charge in [-0.25, -0.2) is 4.83 Å². The Bertz CT molecular complexity index is 864. The summed E-state index contributed by atoms with van der Waals surface area (Å²) in [5.41, 5.74) is 0.822. The lowest BCUT2D eigenvalue weighted by atomic mass is 10.2. The average molecular weight is 398 g/mol. The maximum Gasteiger partial charge on any atom is 0.276 e. The van der Waals surface area contributed by atoms with Gasteiger partial charge in [0.1, 0.15) is 0 Å². The Hall–Kier alpha value is -2.26. The molecular formula is C14H12BrN3O4S. The average Bonchev–Trinajstić information content (AvgIpc) is 2.49. The molecule has 0 aliphatic rings. The van der Waals surface area contributed by atoms with Crippen molar-refractivity contribution in [3.8, 4) is 0 Å². The van der Waals surface area contributed by atoms with Crippen LogP contribution >= 0.6 is 15.9 Å². The number of aryl methyl sites for hydroxylation is 1. The summed E-state index contributed by atoms with van der Waals surface area (Å²) in [6, 6.07) is 10.8. The van der Waals surface area contributed by atoms with Gasteiger partial charge in [0, 0.05) is 16.1 Å². The number of nitro groups is 1. The number of nitrogens with zero attached hydrogens (tertiary/aromatic N) is 2. The number of nitro benzene ring substituents is 1. The molecule has 120 valence electrons. The molecular weight excluding hydrogens is 386 g/mol. The van der Waals surface area contributed by atoms with Gasteiger partial charge >= 0.3 is 0 Å². The highest BCUT2D eigenvalue weighted by Crippen LogP contribution is 2.22. The first-order valence-electron chi connectivity index (χ1n) is 6.35. The Morgan fingerprint density at radius 3 is 2.48 bits per heavy atom. The molecule has 0 amide bonds. The van der Waals surface area contributed by atoms with E-state index in [9.17, 15) is 18.5 Å². The monoisotopic (exact) mass is 397 g/mol. The highest BCUT2D eigenvalue weighted by molar-refractivity contribution is 9.10. The predicted octanol–water partition coefficient (Wildman–Crippen LogP) is 2.98. The van der Waals surface area contributed by atoms with Gasteiger partial charge in [-0.05, 0) is 30.7 Å². The number of hydrogen-bond acceptors (Lipinski definition) is 5. The number of nitrogens with one attached hydrogen (secondary N) is 1. The van der Waals surface area contributed by atoms with Gasteiger partial charge in [-0.15, -0.1) is 0 Å². The van der Waals surface area contributed by atoms with Crippen molar-refractivity contribution < 1.29 is 13.3 Å². The lowest BCUT2D eigenvalue weighted by Gasteiger charge is -2.04. The van der Waals surface area contributed by atoms with E-state index < -0.39 is 14.9 Å². The molecule has 0 aliphatic carbocycles. The molecule has 0 atom stereocenters. The second-order valence-corrected chi connectivity index (χ2v) is 7.19. The number of hydrazone groups is 1. The third kappa shape index (κ3) is 4.36. The van der Waals surface area contributed by atoms with Gasteiger partial charge in [-0.1, -0.05) is 34.1 Å². The fraction of sp³-hybridized carbons (Fsp3) is 0.0714. The SMILES string of the molecule is Cc1ccc(S(=O)(=O)NN=Cc2ccc(Br)cc2)cc1[N+](=O)[O-]. The van der Waals surface area contributed by atoms with Crippen molar-refractivity contribution >= 4 is 37.9 Å². The minimum absolute atomic E-state index is 0.220. The first-order valence-corrected chi connectivity index (χ1v) is 8.63. The Balaban J connectivity index is 2.20. The van der Waals surface area contributed by atoms with E-state index in [4.69, 9.17) is 0 Å². The molecule has 0 saturated heterocycles. The molecule has 9 heteroatoms. The second kappa shape index (κ2) is 6.88. The molecule has 2 aromatic rings.